The molecule has 2 rings (SSSR count). The molecule has 122 valence electrons. The molecule has 2 aromatic carbocycles. The fraction of sp³-hybridized carbons (Fsp3) is 0.316. The third-order valence-electron chi connectivity index (χ3n) is 3.70. The number of amides is 1. The molecule has 4 heteroatoms. The highest BCUT2D eigenvalue weighted by Crippen LogP contribution is 2.26. The molecule has 1 amide bonds. The number of halogens is 1. The van der Waals surface area contributed by atoms with Crippen molar-refractivity contribution >= 4 is 29.3 Å². The summed E-state index contributed by atoms with van der Waals surface area (Å²) < 4.78 is 0. The first-order valence-electron chi connectivity index (χ1n) is 7.78. The van der Waals surface area contributed by atoms with E-state index < -0.39 is 0 Å². The van der Waals surface area contributed by atoms with Crippen LogP contribution in [0.1, 0.15) is 37.4 Å². The first-order chi connectivity index (χ1) is 11.0. The molecule has 0 aromatic heterocycles. The van der Waals surface area contributed by atoms with Gasteiger partial charge in [-0.2, -0.15) is 0 Å². The Hall–Kier alpha value is -1.45. The molecule has 0 aliphatic carbocycles. The highest BCUT2D eigenvalue weighted by Gasteiger charge is 2.18. The van der Waals surface area contributed by atoms with Gasteiger partial charge in [-0.1, -0.05) is 48.4 Å². The lowest BCUT2D eigenvalue weighted by molar-refractivity contribution is -0.121. The van der Waals surface area contributed by atoms with Crippen LogP contribution in [0.25, 0.3) is 0 Å². The Kier molecular flexibility index (Phi) is 6.55. The zero-order valence-electron chi connectivity index (χ0n) is 13.7. The van der Waals surface area contributed by atoms with Crippen molar-refractivity contribution in [1.82, 2.24) is 5.32 Å². The topological polar surface area (TPSA) is 29.1 Å². The molecule has 2 nitrogen and oxygen atoms in total. The molecular formula is C19H22ClNOS. The molecule has 0 aliphatic rings. The van der Waals surface area contributed by atoms with Crippen molar-refractivity contribution in [1.29, 1.82) is 0 Å². The number of carbonyl (C=O) groups excluding carboxylic acids is 1. The lowest BCUT2D eigenvalue weighted by Gasteiger charge is -2.20. The van der Waals surface area contributed by atoms with E-state index in [4.69, 9.17) is 11.6 Å². The fourth-order valence-corrected chi connectivity index (χ4v) is 3.28. The maximum atomic E-state index is 12.5. The van der Waals surface area contributed by atoms with Crippen molar-refractivity contribution < 1.29 is 4.79 Å². The van der Waals surface area contributed by atoms with Gasteiger partial charge in [-0.05, 0) is 50.1 Å². The third kappa shape index (κ3) is 5.29. The Balaban J connectivity index is 1.98. The van der Waals surface area contributed by atoms with Crippen LogP contribution in [0.15, 0.2) is 53.4 Å². The summed E-state index contributed by atoms with van der Waals surface area (Å²) in [6.07, 6.45) is 0.868. The Bertz CT molecular complexity index is 639. The monoisotopic (exact) mass is 347 g/mol. The number of nitrogens with one attached hydrogen (secondary N) is 1. The van der Waals surface area contributed by atoms with Gasteiger partial charge in [-0.25, -0.2) is 0 Å². The summed E-state index contributed by atoms with van der Waals surface area (Å²) in [7, 11) is 0. The predicted molar refractivity (Wildman–Crippen MR) is 99.1 cm³/mol. The lowest BCUT2D eigenvalue weighted by atomic mass is 10.0. The van der Waals surface area contributed by atoms with E-state index in [0.29, 0.717) is 5.02 Å². The molecule has 0 bridgehead atoms. The molecule has 0 aliphatic heterocycles. The summed E-state index contributed by atoms with van der Waals surface area (Å²) in [5.41, 5.74) is 2.37. The van der Waals surface area contributed by atoms with E-state index in [0.717, 1.165) is 16.9 Å². The van der Waals surface area contributed by atoms with Crippen LogP contribution in [0.5, 0.6) is 0 Å². The first-order valence-corrected chi connectivity index (χ1v) is 9.04. The van der Waals surface area contributed by atoms with Crippen molar-refractivity contribution in [3.05, 3.63) is 64.7 Å². The highest BCUT2D eigenvalue weighted by molar-refractivity contribution is 8.00. The number of aryl methyl sites for hydroxylation is 1. The molecule has 0 heterocycles. The minimum atomic E-state index is -0.157. The van der Waals surface area contributed by atoms with E-state index in [2.05, 4.69) is 43.4 Å². The lowest BCUT2D eigenvalue weighted by Crippen LogP contribution is -2.34. The van der Waals surface area contributed by atoms with Gasteiger partial charge < -0.3 is 5.32 Å². The maximum Gasteiger partial charge on any atom is 0.233 e. The Morgan fingerprint density at radius 3 is 2.30 bits per heavy atom. The molecule has 0 saturated heterocycles. The average molecular weight is 348 g/mol. The van der Waals surface area contributed by atoms with Crippen LogP contribution in [-0.4, -0.2) is 11.2 Å². The van der Waals surface area contributed by atoms with Crippen LogP contribution in [0.2, 0.25) is 5.02 Å². The van der Waals surface area contributed by atoms with Gasteiger partial charge in [0.05, 0.1) is 11.3 Å². The molecule has 2 atom stereocenters. The van der Waals surface area contributed by atoms with E-state index in [9.17, 15) is 4.79 Å². The van der Waals surface area contributed by atoms with Crippen molar-refractivity contribution in [2.24, 2.45) is 0 Å². The van der Waals surface area contributed by atoms with Crippen molar-refractivity contribution in [3.8, 4) is 0 Å². The molecular weight excluding hydrogens is 326 g/mol. The minimum Gasteiger partial charge on any atom is -0.348 e. The molecule has 0 unspecified atom stereocenters. The Morgan fingerprint density at radius 1 is 1.13 bits per heavy atom. The molecule has 2 aromatic rings. The summed E-state index contributed by atoms with van der Waals surface area (Å²) in [5.74, 6) is 0.0531. The van der Waals surface area contributed by atoms with E-state index in [1.165, 1.54) is 17.3 Å². The third-order valence-corrected chi connectivity index (χ3v) is 5.06. The zero-order chi connectivity index (χ0) is 16.8. The van der Waals surface area contributed by atoms with Crippen LogP contribution in [0.3, 0.4) is 0 Å². The van der Waals surface area contributed by atoms with Crippen LogP contribution < -0.4 is 5.32 Å². The number of hydrogen-bond acceptors (Lipinski definition) is 2. The smallest absolute Gasteiger partial charge is 0.233 e. The van der Waals surface area contributed by atoms with E-state index in [-0.39, 0.29) is 17.2 Å². The van der Waals surface area contributed by atoms with Gasteiger partial charge in [0.1, 0.15) is 0 Å². The van der Waals surface area contributed by atoms with Crippen LogP contribution in [0, 0.1) is 6.92 Å². The molecule has 0 radical (unpaired) electrons. The Labute approximate surface area is 147 Å². The maximum absolute atomic E-state index is 12.5. The molecule has 0 fully saturated rings. The van der Waals surface area contributed by atoms with E-state index in [1.54, 1.807) is 0 Å². The normalized spacial score (nSPS) is 13.4. The summed E-state index contributed by atoms with van der Waals surface area (Å²) in [6.45, 7) is 6.08. The number of hydrogen-bond donors (Lipinski definition) is 1. The second-order valence-electron chi connectivity index (χ2n) is 5.59. The van der Waals surface area contributed by atoms with Crippen LogP contribution in [0.4, 0.5) is 0 Å². The van der Waals surface area contributed by atoms with Crippen molar-refractivity contribution in [3.63, 3.8) is 0 Å². The van der Waals surface area contributed by atoms with Crippen LogP contribution >= 0.6 is 23.4 Å². The molecule has 23 heavy (non-hydrogen) atoms. The summed E-state index contributed by atoms with van der Waals surface area (Å²) in [6, 6.07) is 15.9. The summed E-state index contributed by atoms with van der Waals surface area (Å²) >= 11 is 7.43. The minimum absolute atomic E-state index is 0.0522. The van der Waals surface area contributed by atoms with Gasteiger partial charge in [0.15, 0.2) is 0 Å². The summed E-state index contributed by atoms with van der Waals surface area (Å²) in [4.78, 5) is 13.5. The standard InChI is InChI=1S/C19H22ClNOS/c1-4-18(15-7-5-13(2)6-8-15)21-19(22)14(3)23-17-11-9-16(20)10-12-17/h5-12,14,18H,4H2,1-3H3,(H,21,22)/t14-,18+/m1/s1. The number of carbonyl (C=O) groups is 1. The van der Waals surface area contributed by atoms with Gasteiger partial charge in [0.25, 0.3) is 0 Å². The van der Waals surface area contributed by atoms with Crippen LogP contribution in [-0.2, 0) is 4.79 Å². The summed E-state index contributed by atoms with van der Waals surface area (Å²) in [5, 5.41) is 3.70. The molecule has 0 spiro atoms. The van der Waals surface area contributed by atoms with Crippen molar-refractivity contribution in [2.45, 2.75) is 43.4 Å². The second-order valence-corrected chi connectivity index (χ2v) is 7.44. The van der Waals surface area contributed by atoms with Gasteiger partial charge in [0, 0.05) is 9.92 Å². The first kappa shape index (κ1) is 17.9. The van der Waals surface area contributed by atoms with Gasteiger partial charge >= 0.3 is 0 Å². The Morgan fingerprint density at radius 2 is 1.74 bits per heavy atom. The predicted octanol–water partition coefficient (Wildman–Crippen LogP) is 5.40. The fourth-order valence-electron chi connectivity index (χ4n) is 2.28. The zero-order valence-corrected chi connectivity index (χ0v) is 15.2. The highest BCUT2D eigenvalue weighted by atomic mass is 35.5. The largest absolute Gasteiger partial charge is 0.348 e. The number of thioether (sulfide) groups is 1. The number of rotatable bonds is 6. The SMILES string of the molecule is CC[C@H](NC(=O)[C@@H](C)Sc1ccc(Cl)cc1)c1ccc(C)cc1. The van der Waals surface area contributed by atoms with Crippen molar-refractivity contribution in [2.75, 3.05) is 0 Å². The van der Waals surface area contributed by atoms with Gasteiger partial charge in [-0.3, -0.25) is 4.79 Å². The quantitative estimate of drug-likeness (QED) is 0.709. The average Bonchev–Trinajstić information content (AvgIpc) is 2.55. The molecule has 1 N–H and O–H groups in total. The van der Waals surface area contributed by atoms with Gasteiger partial charge in [0.2, 0.25) is 5.91 Å². The van der Waals surface area contributed by atoms with E-state index >= 15 is 0 Å². The molecule has 0 saturated carbocycles. The number of benzene rings is 2. The van der Waals surface area contributed by atoms with Gasteiger partial charge in [-0.15, -0.1) is 11.8 Å². The second kappa shape index (κ2) is 8.42. The van der Waals surface area contributed by atoms with E-state index in [1.807, 2.05) is 31.2 Å².